The van der Waals surface area contributed by atoms with Crippen molar-refractivity contribution in [2.24, 2.45) is 0 Å². The van der Waals surface area contributed by atoms with Crippen LogP contribution in [0.2, 0.25) is 0 Å². The molecule has 1 fully saturated rings. The van der Waals surface area contributed by atoms with E-state index in [9.17, 15) is 14.7 Å². The number of aromatic nitrogens is 3. The summed E-state index contributed by atoms with van der Waals surface area (Å²) < 4.78 is 11.6. The highest BCUT2D eigenvalue weighted by atomic mass is 16.5. The molecule has 170 valence electrons. The number of Topliss-reactive ketones (excluding diaryl/α,β-unsaturated/α-hetero) is 1. The van der Waals surface area contributed by atoms with Crippen LogP contribution in [0.5, 0.6) is 11.5 Å². The van der Waals surface area contributed by atoms with Gasteiger partial charge in [-0.25, -0.2) is 9.78 Å². The molecule has 1 saturated heterocycles. The highest BCUT2D eigenvalue weighted by Crippen LogP contribution is 2.41. The van der Waals surface area contributed by atoms with Crippen LogP contribution in [0.3, 0.4) is 0 Å². The van der Waals surface area contributed by atoms with Crippen molar-refractivity contribution in [2.75, 3.05) is 27.2 Å². The first-order valence-electron chi connectivity index (χ1n) is 10.6. The lowest BCUT2D eigenvalue weighted by molar-refractivity contribution is 0.101. The fourth-order valence-corrected chi connectivity index (χ4v) is 4.39. The first-order valence-corrected chi connectivity index (χ1v) is 10.6. The van der Waals surface area contributed by atoms with Crippen LogP contribution >= 0.6 is 0 Å². The number of H-pyrrole nitrogens is 1. The summed E-state index contributed by atoms with van der Waals surface area (Å²) in [4.78, 5) is 32.1. The minimum Gasteiger partial charge on any atom is -0.496 e. The average molecular weight is 449 g/mol. The lowest BCUT2D eigenvalue weighted by Crippen LogP contribution is -2.37. The monoisotopic (exact) mass is 449 g/mol. The van der Waals surface area contributed by atoms with Crippen molar-refractivity contribution in [3.8, 4) is 11.5 Å². The Morgan fingerprint density at radius 2 is 2.27 bits per heavy atom. The third-order valence-corrected chi connectivity index (χ3v) is 6.23. The standard InChI is InChI=1S/C23H23N5O5/c1-27(23(30)31)13-7-9-28(11-13)12-16-18(32-2)6-5-15-20(29)19(33-21(15)16)10-17-14-4-3-8-24-22(14)26-25-17/h3-6,8,10,13H,7,9,11-12H2,1-2H3,(H,30,31)(H,24,25,26)/b19-10-/t13-/m0/s1. The number of amides is 1. The number of nitrogens with one attached hydrogen (secondary N) is 1. The quantitative estimate of drug-likeness (QED) is 0.571. The fraction of sp³-hybridized carbons (Fsp3) is 0.304. The lowest BCUT2D eigenvalue weighted by atomic mass is 10.0. The number of methoxy groups -OCH3 is 1. The summed E-state index contributed by atoms with van der Waals surface area (Å²) >= 11 is 0. The largest absolute Gasteiger partial charge is 0.496 e. The maximum absolute atomic E-state index is 13.1. The molecule has 33 heavy (non-hydrogen) atoms. The number of likely N-dealkylation sites (tertiary alicyclic amines) is 1. The number of carbonyl (C=O) groups is 2. The van der Waals surface area contributed by atoms with E-state index in [1.165, 1.54) is 4.90 Å². The van der Waals surface area contributed by atoms with Gasteiger partial charge in [-0.05, 0) is 30.7 Å². The zero-order valence-corrected chi connectivity index (χ0v) is 18.2. The molecule has 10 nitrogen and oxygen atoms in total. The third kappa shape index (κ3) is 3.68. The van der Waals surface area contributed by atoms with E-state index in [1.807, 2.05) is 6.07 Å². The molecule has 0 unspecified atom stereocenters. The molecule has 1 aromatic carbocycles. The van der Waals surface area contributed by atoms with Crippen molar-refractivity contribution < 1.29 is 24.2 Å². The molecule has 5 rings (SSSR count). The SMILES string of the molecule is COc1ccc2c(c1CN1CC[C@H](N(C)C(=O)O)C1)O/C(=C\c1n[nH]c3ncccc13)C2=O. The van der Waals surface area contributed by atoms with Crippen molar-refractivity contribution in [1.82, 2.24) is 25.0 Å². The molecule has 1 atom stereocenters. The number of rotatable bonds is 5. The number of allylic oxidation sites excluding steroid dienone is 1. The predicted octanol–water partition coefficient (Wildman–Crippen LogP) is 2.77. The summed E-state index contributed by atoms with van der Waals surface area (Å²) in [5.41, 5.74) is 2.43. The van der Waals surface area contributed by atoms with E-state index in [4.69, 9.17) is 9.47 Å². The Balaban J connectivity index is 1.44. The van der Waals surface area contributed by atoms with Gasteiger partial charge in [-0.3, -0.25) is 14.8 Å². The maximum Gasteiger partial charge on any atom is 0.407 e. The van der Waals surface area contributed by atoms with Crippen LogP contribution in [0, 0.1) is 0 Å². The summed E-state index contributed by atoms with van der Waals surface area (Å²) in [5.74, 6) is 1.05. The number of carbonyl (C=O) groups excluding carboxylic acids is 1. The van der Waals surface area contributed by atoms with E-state index in [0.717, 1.165) is 23.9 Å². The summed E-state index contributed by atoms with van der Waals surface area (Å²) in [7, 11) is 3.16. The first-order chi connectivity index (χ1) is 16.0. The fourth-order valence-electron chi connectivity index (χ4n) is 4.39. The molecule has 2 aromatic heterocycles. The van der Waals surface area contributed by atoms with E-state index < -0.39 is 6.09 Å². The van der Waals surface area contributed by atoms with Gasteiger partial charge in [-0.1, -0.05) is 0 Å². The van der Waals surface area contributed by atoms with Crippen LogP contribution in [-0.4, -0.2) is 75.3 Å². The molecule has 10 heteroatoms. The van der Waals surface area contributed by atoms with Gasteiger partial charge in [0.25, 0.3) is 0 Å². The summed E-state index contributed by atoms with van der Waals surface area (Å²) in [6.45, 7) is 1.81. The number of pyridine rings is 1. The molecule has 2 aliphatic rings. The third-order valence-electron chi connectivity index (χ3n) is 6.23. The maximum atomic E-state index is 13.1. The second-order valence-corrected chi connectivity index (χ2v) is 8.14. The number of aromatic amines is 1. The first kappa shape index (κ1) is 21.0. The van der Waals surface area contributed by atoms with Gasteiger partial charge in [0.05, 0.1) is 23.9 Å². The second-order valence-electron chi connectivity index (χ2n) is 8.14. The Morgan fingerprint density at radius 1 is 1.42 bits per heavy atom. The van der Waals surface area contributed by atoms with Crippen LogP contribution in [0.4, 0.5) is 4.79 Å². The number of benzene rings is 1. The number of fused-ring (bicyclic) bond motifs is 2. The lowest BCUT2D eigenvalue weighted by Gasteiger charge is -2.23. The molecular weight excluding hydrogens is 426 g/mol. The highest BCUT2D eigenvalue weighted by molar-refractivity contribution is 6.15. The van der Waals surface area contributed by atoms with E-state index >= 15 is 0 Å². The Hall–Kier alpha value is -3.92. The molecule has 3 aromatic rings. The zero-order chi connectivity index (χ0) is 23.1. The molecular formula is C23H23N5O5. The molecule has 0 saturated carbocycles. The molecule has 0 radical (unpaired) electrons. The summed E-state index contributed by atoms with van der Waals surface area (Å²) in [5, 5.41) is 17.2. The molecule has 2 N–H and O–H groups in total. The van der Waals surface area contributed by atoms with Gasteiger partial charge in [0.15, 0.2) is 11.4 Å². The number of carboxylic acid groups (broad SMARTS) is 1. The molecule has 2 aliphatic heterocycles. The number of hydrogen-bond donors (Lipinski definition) is 2. The number of ether oxygens (including phenoxy) is 2. The van der Waals surface area contributed by atoms with Crippen LogP contribution in [0.1, 0.15) is 28.0 Å². The Labute approximate surface area is 189 Å². The highest BCUT2D eigenvalue weighted by Gasteiger charge is 2.34. The van der Waals surface area contributed by atoms with Crippen molar-refractivity contribution in [3.63, 3.8) is 0 Å². The Morgan fingerprint density at radius 3 is 3.06 bits per heavy atom. The van der Waals surface area contributed by atoms with Gasteiger partial charge >= 0.3 is 6.09 Å². The topological polar surface area (TPSA) is 121 Å². The van der Waals surface area contributed by atoms with Gasteiger partial charge in [0.2, 0.25) is 5.78 Å². The number of hydrogen-bond acceptors (Lipinski definition) is 7. The van der Waals surface area contributed by atoms with E-state index in [0.29, 0.717) is 41.5 Å². The van der Waals surface area contributed by atoms with Crippen molar-refractivity contribution >= 4 is 29.0 Å². The molecule has 0 aliphatic carbocycles. The van der Waals surface area contributed by atoms with E-state index in [-0.39, 0.29) is 17.6 Å². The Bertz CT molecular complexity index is 1280. The number of likely N-dealkylation sites (N-methyl/N-ethyl adjacent to an activating group) is 1. The molecule has 1 amide bonds. The van der Waals surface area contributed by atoms with Crippen molar-refractivity contribution in [3.05, 3.63) is 53.0 Å². The molecule has 0 spiro atoms. The van der Waals surface area contributed by atoms with Gasteiger partial charge in [0, 0.05) is 50.4 Å². The summed E-state index contributed by atoms with van der Waals surface area (Å²) in [6, 6.07) is 7.07. The van der Waals surface area contributed by atoms with E-state index in [1.54, 1.807) is 44.6 Å². The minimum absolute atomic E-state index is 0.0789. The normalized spacial score (nSPS) is 19.2. The number of ketones is 1. The summed E-state index contributed by atoms with van der Waals surface area (Å²) in [6.07, 6.45) is 3.09. The molecule has 4 heterocycles. The number of nitrogens with zero attached hydrogens (tertiary/aromatic N) is 4. The Kier molecular flexibility index (Phi) is 5.21. The predicted molar refractivity (Wildman–Crippen MR) is 119 cm³/mol. The van der Waals surface area contributed by atoms with Crippen LogP contribution in [-0.2, 0) is 6.54 Å². The zero-order valence-electron chi connectivity index (χ0n) is 18.2. The van der Waals surface area contributed by atoms with Gasteiger partial charge < -0.3 is 19.5 Å². The average Bonchev–Trinajstić information content (AvgIpc) is 3.53. The minimum atomic E-state index is -0.940. The van der Waals surface area contributed by atoms with Crippen LogP contribution in [0.15, 0.2) is 36.2 Å². The second kappa shape index (κ2) is 8.21. The van der Waals surface area contributed by atoms with E-state index in [2.05, 4.69) is 20.1 Å². The van der Waals surface area contributed by atoms with Gasteiger partial charge in [-0.15, -0.1) is 0 Å². The van der Waals surface area contributed by atoms with Gasteiger partial charge in [0.1, 0.15) is 11.5 Å². The van der Waals surface area contributed by atoms with Crippen LogP contribution < -0.4 is 9.47 Å². The van der Waals surface area contributed by atoms with Gasteiger partial charge in [-0.2, -0.15) is 5.10 Å². The smallest absolute Gasteiger partial charge is 0.407 e. The van der Waals surface area contributed by atoms with Crippen LogP contribution in [0.25, 0.3) is 17.1 Å². The van der Waals surface area contributed by atoms with Crippen molar-refractivity contribution in [1.29, 1.82) is 0 Å². The van der Waals surface area contributed by atoms with Crippen molar-refractivity contribution in [2.45, 2.75) is 19.0 Å². The molecule has 0 bridgehead atoms.